The lowest BCUT2D eigenvalue weighted by molar-refractivity contribution is -0.137. The Morgan fingerprint density at radius 2 is 1.64 bits per heavy atom. The zero-order chi connectivity index (χ0) is 24.1. The van der Waals surface area contributed by atoms with Crippen LogP contribution in [0.1, 0.15) is 39.7 Å². The number of benzene rings is 2. The summed E-state index contributed by atoms with van der Waals surface area (Å²) in [5, 5.41) is 6.07. The molecule has 0 aromatic heterocycles. The highest BCUT2D eigenvalue weighted by Gasteiger charge is 2.39. The third-order valence-electron chi connectivity index (χ3n) is 4.93. The van der Waals surface area contributed by atoms with Gasteiger partial charge in [-0.2, -0.15) is 0 Å². The Bertz CT molecular complexity index is 1070. The molecule has 6 nitrogen and oxygen atoms in total. The largest absolute Gasteiger partial charge is 0.350 e. The third kappa shape index (κ3) is 6.48. The van der Waals surface area contributed by atoms with E-state index in [-0.39, 0.29) is 35.3 Å². The highest BCUT2D eigenvalue weighted by atomic mass is 32.2. The van der Waals surface area contributed by atoms with Gasteiger partial charge in [0.25, 0.3) is 11.8 Å². The van der Waals surface area contributed by atoms with Crippen molar-refractivity contribution in [3.63, 3.8) is 0 Å². The SMILES string of the molecule is Cc1ccc(NC2=C(Sc3cccc(NC(=O)CC(C)C)c3)C(=O)N(CC(C)C)C2=O)cc1. The predicted octanol–water partition coefficient (Wildman–Crippen LogP) is 5.42. The highest BCUT2D eigenvalue weighted by Crippen LogP contribution is 2.37. The third-order valence-corrected chi connectivity index (χ3v) is 6.00. The number of hydrogen-bond donors (Lipinski definition) is 2. The molecule has 0 aliphatic carbocycles. The number of carbonyl (C=O) groups excluding carboxylic acids is 3. The fourth-order valence-electron chi connectivity index (χ4n) is 3.41. The number of amides is 3. The Balaban J connectivity index is 1.89. The summed E-state index contributed by atoms with van der Waals surface area (Å²) in [6.07, 6.45) is 0.435. The fourth-order valence-corrected chi connectivity index (χ4v) is 4.42. The van der Waals surface area contributed by atoms with Gasteiger partial charge in [0, 0.05) is 29.2 Å². The van der Waals surface area contributed by atoms with Gasteiger partial charge in [-0.05, 0) is 49.1 Å². The van der Waals surface area contributed by atoms with E-state index in [9.17, 15) is 14.4 Å². The van der Waals surface area contributed by atoms with E-state index < -0.39 is 0 Å². The van der Waals surface area contributed by atoms with Crippen LogP contribution in [0.25, 0.3) is 0 Å². The van der Waals surface area contributed by atoms with Gasteiger partial charge < -0.3 is 10.6 Å². The van der Waals surface area contributed by atoms with Crippen molar-refractivity contribution in [2.45, 2.75) is 45.9 Å². The maximum atomic E-state index is 13.2. The zero-order valence-corrected chi connectivity index (χ0v) is 20.6. The molecule has 0 bridgehead atoms. The van der Waals surface area contributed by atoms with E-state index in [1.54, 1.807) is 0 Å². The van der Waals surface area contributed by atoms with Crippen LogP contribution in [0.4, 0.5) is 11.4 Å². The molecule has 2 N–H and O–H groups in total. The fraction of sp³-hybridized carbons (Fsp3) is 0.346. The van der Waals surface area contributed by atoms with Crippen molar-refractivity contribution in [3.05, 3.63) is 64.7 Å². The molecule has 1 aliphatic rings. The van der Waals surface area contributed by atoms with Gasteiger partial charge in [0.1, 0.15) is 10.6 Å². The smallest absolute Gasteiger partial charge is 0.278 e. The Labute approximate surface area is 199 Å². The van der Waals surface area contributed by atoms with E-state index in [1.165, 1.54) is 16.7 Å². The molecule has 33 heavy (non-hydrogen) atoms. The van der Waals surface area contributed by atoms with E-state index in [2.05, 4.69) is 10.6 Å². The summed E-state index contributed by atoms with van der Waals surface area (Å²) in [5.41, 5.74) is 2.80. The number of nitrogens with zero attached hydrogens (tertiary/aromatic N) is 1. The second kappa shape index (κ2) is 10.7. The minimum Gasteiger partial charge on any atom is -0.350 e. The van der Waals surface area contributed by atoms with Crippen LogP contribution in [-0.4, -0.2) is 29.2 Å². The average molecular weight is 466 g/mol. The van der Waals surface area contributed by atoms with Crippen molar-refractivity contribution in [3.8, 4) is 0 Å². The van der Waals surface area contributed by atoms with Gasteiger partial charge in [-0.25, -0.2) is 0 Å². The van der Waals surface area contributed by atoms with E-state index in [1.807, 2.05) is 83.1 Å². The van der Waals surface area contributed by atoms with Crippen LogP contribution in [0.2, 0.25) is 0 Å². The molecular formula is C26H31N3O3S. The second-order valence-electron chi connectivity index (χ2n) is 9.09. The number of nitrogens with one attached hydrogen (secondary N) is 2. The van der Waals surface area contributed by atoms with Crippen molar-refractivity contribution in [1.29, 1.82) is 0 Å². The van der Waals surface area contributed by atoms with E-state index in [4.69, 9.17) is 0 Å². The summed E-state index contributed by atoms with van der Waals surface area (Å²) in [4.78, 5) is 40.9. The maximum absolute atomic E-state index is 13.2. The van der Waals surface area contributed by atoms with E-state index >= 15 is 0 Å². The molecule has 3 amide bonds. The van der Waals surface area contributed by atoms with Crippen LogP contribution in [0.3, 0.4) is 0 Å². The first kappa shape index (κ1) is 24.6. The first-order valence-corrected chi connectivity index (χ1v) is 12.0. The first-order valence-electron chi connectivity index (χ1n) is 11.2. The summed E-state index contributed by atoms with van der Waals surface area (Å²) in [6.45, 7) is 10.3. The van der Waals surface area contributed by atoms with Crippen LogP contribution in [0.15, 0.2) is 64.0 Å². The second-order valence-corrected chi connectivity index (χ2v) is 10.2. The maximum Gasteiger partial charge on any atom is 0.278 e. The summed E-state index contributed by atoms with van der Waals surface area (Å²) >= 11 is 1.23. The lowest BCUT2D eigenvalue weighted by Crippen LogP contribution is -2.35. The number of anilines is 2. The molecule has 0 saturated heterocycles. The van der Waals surface area contributed by atoms with Crippen molar-refractivity contribution in [2.24, 2.45) is 11.8 Å². The van der Waals surface area contributed by atoms with Crippen molar-refractivity contribution < 1.29 is 14.4 Å². The molecule has 1 aliphatic heterocycles. The van der Waals surface area contributed by atoms with Crippen LogP contribution >= 0.6 is 11.8 Å². The molecule has 2 aromatic rings. The molecule has 1 heterocycles. The van der Waals surface area contributed by atoms with Crippen molar-refractivity contribution in [2.75, 3.05) is 17.2 Å². The minimum absolute atomic E-state index is 0.0525. The molecule has 3 rings (SSSR count). The van der Waals surface area contributed by atoms with Crippen LogP contribution in [0, 0.1) is 18.8 Å². The molecule has 0 spiro atoms. The average Bonchev–Trinajstić information content (AvgIpc) is 2.93. The van der Waals surface area contributed by atoms with Crippen LogP contribution in [-0.2, 0) is 14.4 Å². The van der Waals surface area contributed by atoms with Gasteiger partial charge in [0.05, 0.1) is 0 Å². The Kier molecular flexibility index (Phi) is 7.97. The number of carbonyl (C=O) groups is 3. The van der Waals surface area contributed by atoms with Gasteiger partial charge in [-0.1, -0.05) is 63.2 Å². The van der Waals surface area contributed by atoms with Crippen molar-refractivity contribution in [1.82, 2.24) is 4.90 Å². The lowest BCUT2D eigenvalue weighted by Gasteiger charge is -2.17. The predicted molar refractivity (Wildman–Crippen MR) is 134 cm³/mol. The highest BCUT2D eigenvalue weighted by molar-refractivity contribution is 8.04. The Morgan fingerprint density at radius 1 is 0.939 bits per heavy atom. The topological polar surface area (TPSA) is 78.5 Å². The van der Waals surface area contributed by atoms with Gasteiger partial charge in [-0.15, -0.1) is 0 Å². The molecule has 0 unspecified atom stereocenters. The number of imide groups is 1. The number of aryl methyl sites for hydroxylation is 1. The summed E-state index contributed by atoms with van der Waals surface area (Å²) in [5.74, 6) is -0.261. The molecule has 2 aromatic carbocycles. The van der Waals surface area contributed by atoms with E-state index in [0.717, 1.165) is 16.1 Å². The molecule has 0 atom stereocenters. The minimum atomic E-state index is -0.321. The van der Waals surface area contributed by atoms with Crippen molar-refractivity contribution >= 4 is 40.9 Å². The first-order chi connectivity index (χ1) is 15.6. The summed E-state index contributed by atoms with van der Waals surface area (Å²) in [7, 11) is 0. The quantitative estimate of drug-likeness (QED) is 0.484. The summed E-state index contributed by atoms with van der Waals surface area (Å²) in [6, 6.07) is 15.0. The van der Waals surface area contributed by atoms with Crippen LogP contribution < -0.4 is 10.6 Å². The molecule has 0 fully saturated rings. The molecule has 7 heteroatoms. The van der Waals surface area contributed by atoms with Gasteiger partial charge in [-0.3, -0.25) is 19.3 Å². The van der Waals surface area contributed by atoms with Gasteiger partial charge in [0.15, 0.2) is 0 Å². The van der Waals surface area contributed by atoms with Gasteiger partial charge >= 0.3 is 0 Å². The molecule has 0 radical (unpaired) electrons. The monoisotopic (exact) mass is 465 g/mol. The molecule has 174 valence electrons. The standard InChI is InChI=1S/C26H31N3O3S/c1-16(2)13-22(30)27-20-7-6-8-21(14-20)33-24-23(28-19-11-9-18(5)10-12-19)25(31)29(26(24)32)15-17(3)4/h6-12,14,16-17,28H,13,15H2,1-5H3,(H,27,30). The lowest BCUT2D eigenvalue weighted by atomic mass is 10.1. The van der Waals surface area contributed by atoms with E-state index in [0.29, 0.717) is 23.6 Å². The van der Waals surface area contributed by atoms with Crippen LogP contribution in [0.5, 0.6) is 0 Å². The Hall–Kier alpha value is -3.06. The number of thioether (sulfide) groups is 1. The molecular weight excluding hydrogens is 434 g/mol. The number of rotatable bonds is 9. The normalized spacial score (nSPS) is 14.0. The molecule has 0 saturated carbocycles. The zero-order valence-electron chi connectivity index (χ0n) is 19.8. The Morgan fingerprint density at radius 3 is 2.27 bits per heavy atom. The number of hydrogen-bond acceptors (Lipinski definition) is 5. The van der Waals surface area contributed by atoms with Gasteiger partial charge in [0.2, 0.25) is 5.91 Å². The summed E-state index contributed by atoms with van der Waals surface area (Å²) < 4.78 is 0.